The molecular weight excluding hydrogens is 396 g/mol. The number of benzene rings is 2. The van der Waals surface area contributed by atoms with Gasteiger partial charge in [0, 0.05) is 6.07 Å². The molecule has 11 heteroatoms. The highest BCUT2D eigenvalue weighted by atomic mass is 32.2. The zero-order chi connectivity index (χ0) is 21.0. The topological polar surface area (TPSA) is 138 Å². The summed E-state index contributed by atoms with van der Waals surface area (Å²) in [6.07, 6.45) is 0. The van der Waals surface area contributed by atoms with Crippen molar-refractivity contribution in [1.82, 2.24) is 14.9 Å². The summed E-state index contributed by atoms with van der Waals surface area (Å²) in [6, 6.07) is 11.8. The van der Waals surface area contributed by atoms with Gasteiger partial charge in [-0.2, -0.15) is 0 Å². The van der Waals surface area contributed by atoms with Crippen LogP contribution in [0.2, 0.25) is 0 Å². The summed E-state index contributed by atoms with van der Waals surface area (Å²) in [6.45, 7) is 1.74. The number of nitrogens with zero attached hydrogens (tertiary/aromatic N) is 4. The molecule has 0 aliphatic rings. The van der Waals surface area contributed by atoms with Crippen molar-refractivity contribution in [3.05, 3.63) is 58.1 Å². The molecule has 3 N–H and O–H groups in total. The minimum absolute atomic E-state index is 0.0493. The highest BCUT2D eigenvalue weighted by Gasteiger charge is 2.19. The van der Waals surface area contributed by atoms with E-state index >= 15 is 0 Å². The quantitative estimate of drug-likeness (QED) is 0.260. The average molecular weight is 414 g/mol. The van der Waals surface area contributed by atoms with Crippen molar-refractivity contribution < 1.29 is 14.5 Å². The minimum Gasteiger partial charge on any atom is -0.496 e. The standard InChI is InChI=1S/C18H18N6O4S/c1-11-7-8-13(14(9-11)24(26)27)20-16(25)10-29-18-22-21-17(23(18)19)12-5-3-4-6-15(12)28-2/h3-9H,10,19H2,1-2H3,(H,20,25). The summed E-state index contributed by atoms with van der Waals surface area (Å²) in [4.78, 5) is 22.9. The van der Waals surface area contributed by atoms with E-state index < -0.39 is 10.8 Å². The van der Waals surface area contributed by atoms with Gasteiger partial charge in [0.25, 0.3) is 5.69 Å². The number of nitro benzene ring substituents is 1. The lowest BCUT2D eigenvalue weighted by Gasteiger charge is -2.08. The molecule has 1 amide bonds. The van der Waals surface area contributed by atoms with E-state index in [0.29, 0.717) is 22.3 Å². The predicted octanol–water partition coefficient (Wildman–Crippen LogP) is 2.61. The van der Waals surface area contributed by atoms with Gasteiger partial charge >= 0.3 is 0 Å². The van der Waals surface area contributed by atoms with Crippen LogP contribution >= 0.6 is 11.8 Å². The zero-order valence-corrected chi connectivity index (χ0v) is 16.5. The van der Waals surface area contributed by atoms with Gasteiger partial charge in [-0.1, -0.05) is 30.0 Å². The number of carbonyl (C=O) groups is 1. The van der Waals surface area contributed by atoms with E-state index in [1.165, 1.54) is 16.8 Å². The molecule has 1 heterocycles. The third-order valence-electron chi connectivity index (χ3n) is 3.97. The fourth-order valence-corrected chi connectivity index (χ4v) is 3.26. The molecule has 3 rings (SSSR count). The molecule has 0 aliphatic heterocycles. The van der Waals surface area contributed by atoms with Crippen LogP contribution in [0.25, 0.3) is 11.4 Å². The smallest absolute Gasteiger partial charge is 0.293 e. The van der Waals surface area contributed by atoms with Gasteiger partial charge in [0.15, 0.2) is 5.82 Å². The molecule has 150 valence electrons. The average Bonchev–Trinajstić information content (AvgIpc) is 3.07. The number of hydrogen-bond donors (Lipinski definition) is 2. The van der Waals surface area contributed by atoms with E-state index in [1.807, 2.05) is 12.1 Å². The fourth-order valence-electron chi connectivity index (χ4n) is 2.60. The highest BCUT2D eigenvalue weighted by molar-refractivity contribution is 7.99. The maximum atomic E-state index is 12.3. The summed E-state index contributed by atoms with van der Waals surface area (Å²) in [7, 11) is 1.54. The first-order valence-corrected chi connectivity index (χ1v) is 9.41. The third-order valence-corrected chi connectivity index (χ3v) is 4.91. The minimum atomic E-state index is -0.536. The number of nitrogens with two attached hydrogens (primary N) is 1. The molecule has 0 radical (unpaired) electrons. The van der Waals surface area contributed by atoms with Gasteiger partial charge in [-0.25, -0.2) is 4.68 Å². The van der Waals surface area contributed by atoms with Crippen molar-refractivity contribution in [3.63, 3.8) is 0 Å². The molecule has 0 atom stereocenters. The van der Waals surface area contributed by atoms with Crippen LogP contribution < -0.4 is 15.9 Å². The first-order chi connectivity index (χ1) is 13.9. The zero-order valence-electron chi connectivity index (χ0n) is 15.7. The molecule has 29 heavy (non-hydrogen) atoms. The molecule has 10 nitrogen and oxygen atoms in total. The lowest BCUT2D eigenvalue weighted by Crippen LogP contribution is -2.17. The molecule has 0 aliphatic carbocycles. The number of hydrogen-bond acceptors (Lipinski definition) is 8. The molecule has 0 unspecified atom stereocenters. The van der Waals surface area contributed by atoms with Crippen molar-refractivity contribution in [2.75, 3.05) is 24.0 Å². The third kappa shape index (κ3) is 4.46. The molecular formula is C18H18N6O4S. The van der Waals surface area contributed by atoms with Gasteiger partial charge < -0.3 is 15.9 Å². The first-order valence-electron chi connectivity index (χ1n) is 8.42. The molecule has 0 saturated heterocycles. The summed E-state index contributed by atoms with van der Waals surface area (Å²) in [5.74, 6) is 6.57. The largest absolute Gasteiger partial charge is 0.496 e. The summed E-state index contributed by atoms with van der Waals surface area (Å²) in [5, 5.41) is 22.1. The lowest BCUT2D eigenvalue weighted by molar-refractivity contribution is -0.384. The number of para-hydroxylation sites is 1. The molecule has 0 fully saturated rings. The number of aryl methyl sites for hydroxylation is 1. The van der Waals surface area contributed by atoms with E-state index in [4.69, 9.17) is 10.6 Å². The van der Waals surface area contributed by atoms with E-state index in [0.717, 1.165) is 17.3 Å². The Morgan fingerprint density at radius 2 is 2.07 bits per heavy atom. The number of thioether (sulfide) groups is 1. The highest BCUT2D eigenvalue weighted by Crippen LogP contribution is 2.30. The Balaban J connectivity index is 1.71. The summed E-state index contributed by atoms with van der Waals surface area (Å²) < 4.78 is 6.57. The normalized spacial score (nSPS) is 10.6. The molecule has 1 aromatic heterocycles. The van der Waals surface area contributed by atoms with Crippen LogP contribution in [0.1, 0.15) is 5.56 Å². The first kappa shape index (κ1) is 20.1. The molecule has 2 aromatic carbocycles. The Morgan fingerprint density at radius 3 is 2.79 bits per heavy atom. The Kier molecular flexibility index (Phi) is 5.98. The van der Waals surface area contributed by atoms with Gasteiger partial charge in [0.05, 0.1) is 23.3 Å². The Morgan fingerprint density at radius 1 is 1.31 bits per heavy atom. The fraction of sp³-hybridized carbons (Fsp3) is 0.167. The van der Waals surface area contributed by atoms with Crippen LogP contribution in [-0.4, -0.2) is 38.6 Å². The van der Waals surface area contributed by atoms with Gasteiger partial charge in [0.1, 0.15) is 11.4 Å². The number of anilines is 1. The van der Waals surface area contributed by atoms with Crippen LogP contribution in [0.3, 0.4) is 0 Å². The number of carbonyl (C=O) groups excluding carboxylic acids is 1. The summed E-state index contributed by atoms with van der Waals surface area (Å²) >= 11 is 1.06. The van der Waals surface area contributed by atoms with Crippen molar-refractivity contribution in [2.45, 2.75) is 12.1 Å². The van der Waals surface area contributed by atoms with Crippen molar-refractivity contribution in [2.24, 2.45) is 0 Å². The van der Waals surface area contributed by atoms with Crippen LogP contribution in [-0.2, 0) is 4.79 Å². The van der Waals surface area contributed by atoms with E-state index in [-0.39, 0.29) is 17.1 Å². The number of rotatable bonds is 7. The van der Waals surface area contributed by atoms with Crippen molar-refractivity contribution >= 4 is 29.0 Å². The van der Waals surface area contributed by atoms with E-state index in [2.05, 4.69) is 15.5 Å². The second kappa shape index (κ2) is 8.61. The molecule has 3 aromatic rings. The van der Waals surface area contributed by atoms with Gasteiger partial charge in [-0.3, -0.25) is 14.9 Å². The Hall–Kier alpha value is -3.60. The predicted molar refractivity (Wildman–Crippen MR) is 109 cm³/mol. The van der Waals surface area contributed by atoms with Crippen molar-refractivity contribution in [1.29, 1.82) is 0 Å². The maximum absolute atomic E-state index is 12.3. The lowest BCUT2D eigenvalue weighted by atomic mass is 10.2. The number of amides is 1. The number of methoxy groups -OCH3 is 1. The van der Waals surface area contributed by atoms with Gasteiger partial charge in [-0.05, 0) is 30.7 Å². The Labute approximate surface area is 170 Å². The van der Waals surface area contributed by atoms with E-state index in [1.54, 1.807) is 32.2 Å². The van der Waals surface area contributed by atoms with Crippen molar-refractivity contribution in [3.8, 4) is 17.1 Å². The molecule has 0 saturated carbocycles. The molecule has 0 spiro atoms. The number of nitrogens with one attached hydrogen (secondary N) is 1. The number of nitro groups is 1. The van der Waals surface area contributed by atoms with Crippen LogP contribution in [0.15, 0.2) is 47.6 Å². The summed E-state index contributed by atoms with van der Waals surface area (Å²) in [5.41, 5.74) is 1.36. The van der Waals surface area contributed by atoms with Crippen LogP contribution in [0.4, 0.5) is 11.4 Å². The number of nitrogen functional groups attached to an aromatic ring is 1. The molecule has 0 bridgehead atoms. The van der Waals surface area contributed by atoms with Crippen LogP contribution in [0.5, 0.6) is 5.75 Å². The van der Waals surface area contributed by atoms with Gasteiger partial charge in [0.2, 0.25) is 11.1 Å². The van der Waals surface area contributed by atoms with Crippen LogP contribution in [0, 0.1) is 17.0 Å². The SMILES string of the molecule is COc1ccccc1-c1nnc(SCC(=O)Nc2ccc(C)cc2[N+](=O)[O-])n1N. The second-order valence-electron chi connectivity index (χ2n) is 5.99. The van der Waals surface area contributed by atoms with E-state index in [9.17, 15) is 14.9 Å². The number of aromatic nitrogens is 3. The second-order valence-corrected chi connectivity index (χ2v) is 6.93. The monoisotopic (exact) mass is 414 g/mol. The Bertz CT molecular complexity index is 1070. The maximum Gasteiger partial charge on any atom is 0.293 e. The number of ether oxygens (including phenoxy) is 1. The van der Waals surface area contributed by atoms with Gasteiger partial charge in [-0.15, -0.1) is 10.2 Å².